The average molecular weight is 600 g/mol. The molecule has 4 N–H and O–H groups in total. The summed E-state index contributed by atoms with van der Waals surface area (Å²) in [5, 5.41) is 23.8. The SMILES string of the molecule is CCCCC(CC)C(=O)OC1CCC(C2NC(C3CCC4CCCCC4C3)NC(C3CCC4CCCCC4C3)N2)C(O)C1. The number of esters is 1. The van der Waals surface area contributed by atoms with E-state index in [9.17, 15) is 9.90 Å². The van der Waals surface area contributed by atoms with Crippen molar-refractivity contribution < 1.29 is 14.6 Å². The van der Waals surface area contributed by atoms with Crippen LogP contribution in [0.15, 0.2) is 0 Å². The van der Waals surface area contributed by atoms with Gasteiger partial charge in [0.05, 0.1) is 30.5 Å². The first kappa shape index (κ1) is 32.3. The summed E-state index contributed by atoms with van der Waals surface area (Å²) in [7, 11) is 0. The van der Waals surface area contributed by atoms with Crippen molar-refractivity contribution in [1.82, 2.24) is 16.0 Å². The van der Waals surface area contributed by atoms with E-state index in [0.29, 0.717) is 30.6 Å². The van der Waals surface area contributed by atoms with Crippen LogP contribution in [0.2, 0.25) is 0 Å². The zero-order valence-corrected chi connectivity index (χ0v) is 27.6. The molecule has 6 fully saturated rings. The van der Waals surface area contributed by atoms with Gasteiger partial charge in [-0.25, -0.2) is 0 Å². The first-order valence-corrected chi connectivity index (χ1v) is 19.2. The van der Waals surface area contributed by atoms with Gasteiger partial charge in [0.1, 0.15) is 6.10 Å². The Morgan fingerprint density at radius 1 is 0.674 bits per heavy atom. The molecular weight excluding hydrogens is 534 g/mol. The third kappa shape index (κ3) is 7.83. The highest BCUT2D eigenvalue weighted by atomic mass is 16.5. The van der Waals surface area contributed by atoms with Crippen LogP contribution in [-0.2, 0) is 9.53 Å². The van der Waals surface area contributed by atoms with E-state index in [-0.39, 0.29) is 30.1 Å². The lowest BCUT2D eigenvalue weighted by Gasteiger charge is -2.52. The van der Waals surface area contributed by atoms with Gasteiger partial charge in [0.2, 0.25) is 0 Å². The van der Waals surface area contributed by atoms with Crippen LogP contribution in [0.4, 0.5) is 0 Å². The van der Waals surface area contributed by atoms with E-state index in [1.807, 2.05) is 0 Å². The molecule has 12 unspecified atom stereocenters. The maximum atomic E-state index is 12.9. The molecule has 12 atom stereocenters. The molecule has 5 aliphatic carbocycles. The largest absolute Gasteiger partial charge is 0.462 e. The van der Waals surface area contributed by atoms with Crippen LogP contribution in [0.1, 0.15) is 149 Å². The second-order valence-corrected chi connectivity index (χ2v) is 16.0. The highest BCUT2D eigenvalue weighted by Gasteiger charge is 2.46. The third-order valence-corrected chi connectivity index (χ3v) is 13.4. The van der Waals surface area contributed by atoms with Gasteiger partial charge >= 0.3 is 5.97 Å². The number of ether oxygens (including phenoxy) is 1. The first-order valence-electron chi connectivity index (χ1n) is 19.2. The summed E-state index contributed by atoms with van der Waals surface area (Å²) in [6, 6.07) is 0. The number of carbonyl (C=O) groups is 1. The molecule has 6 aliphatic rings. The van der Waals surface area contributed by atoms with Crippen molar-refractivity contribution in [2.24, 2.45) is 47.3 Å². The van der Waals surface area contributed by atoms with Gasteiger partial charge in [-0.05, 0) is 99.7 Å². The number of carbonyl (C=O) groups excluding carboxylic acids is 1. The number of aliphatic hydroxyl groups excluding tert-OH is 1. The van der Waals surface area contributed by atoms with Crippen LogP contribution < -0.4 is 16.0 Å². The van der Waals surface area contributed by atoms with Gasteiger partial charge in [-0.2, -0.15) is 0 Å². The second kappa shape index (κ2) is 15.3. The Bertz CT molecular complexity index is 843. The fourth-order valence-electron chi connectivity index (χ4n) is 10.8. The summed E-state index contributed by atoms with van der Waals surface area (Å²) >= 11 is 0. The molecule has 1 heterocycles. The molecule has 0 amide bonds. The van der Waals surface area contributed by atoms with Gasteiger partial charge in [-0.3, -0.25) is 20.7 Å². The number of hydrogen-bond donors (Lipinski definition) is 4. The standard InChI is InChI=1S/C37H65N3O3/c1-3-5-10-24(4-2)37(42)43-31-19-20-32(33(41)23-31)36-39-34(29-17-15-25-11-6-8-13-27(25)21-29)38-35(40-36)30-18-16-26-12-7-9-14-28(26)22-30/h24-36,38-41H,3-23H2,1-2H3. The number of aliphatic hydroxyl groups is 1. The van der Waals surface area contributed by atoms with Gasteiger partial charge in [0.25, 0.3) is 0 Å². The Balaban J connectivity index is 1.11. The van der Waals surface area contributed by atoms with Gasteiger partial charge in [-0.1, -0.05) is 78.1 Å². The van der Waals surface area contributed by atoms with Crippen LogP contribution >= 0.6 is 0 Å². The van der Waals surface area contributed by atoms with E-state index >= 15 is 0 Å². The molecule has 1 saturated heterocycles. The number of nitrogens with one attached hydrogen (secondary N) is 3. The lowest BCUT2D eigenvalue weighted by Crippen LogP contribution is -2.73. The summed E-state index contributed by atoms with van der Waals surface area (Å²) in [6.45, 7) is 4.27. The molecule has 0 aromatic carbocycles. The molecule has 6 rings (SSSR count). The van der Waals surface area contributed by atoms with Crippen LogP contribution in [0.5, 0.6) is 0 Å². The molecule has 43 heavy (non-hydrogen) atoms. The molecule has 0 bridgehead atoms. The Hall–Kier alpha value is -0.690. The van der Waals surface area contributed by atoms with E-state index in [0.717, 1.165) is 62.2 Å². The minimum atomic E-state index is -0.449. The molecule has 0 radical (unpaired) electrons. The summed E-state index contributed by atoms with van der Waals surface area (Å²) in [5.74, 6) is 5.25. The molecular formula is C37H65N3O3. The highest BCUT2D eigenvalue weighted by molar-refractivity contribution is 5.72. The quantitative estimate of drug-likeness (QED) is 0.209. The average Bonchev–Trinajstić information content (AvgIpc) is 3.04. The van der Waals surface area contributed by atoms with Crippen molar-refractivity contribution in [2.45, 2.75) is 179 Å². The lowest BCUT2D eigenvalue weighted by molar-refractivity contribution is -0.159. The van der Waals surface area contributed by atoms with Crippen molar-refractivity contribution in [2.75, 3.05) is 0 Å². The maximum absolute atomic E-state index is 12.9. The van der Waals surface area contributed by atoms with E-state index in [1.165, 1.54) is 89.9 Å². The topological polar surface area (TPSA) is 82.6 Å². The summed E-state index contributed by atoms with van der Waals surface area (Å²) in [5.41, 5.74) is 0. The minimum absolute atomic E-state index is 0.00240. The van der Waals surface area contributed by atoms with E-state index < -0.39 is 6.10 Å². The Labute approximate surface area is 263 Å². The zero-order chi connectivity index (χ0) is 29.8. The molecule has 5 saturated carbocycles. The second-order valence-electron chi connectivity index (χ2n) is 16.0. The molecule has 6 heteroatoms. The van der Waals surface area contributed by atoms with Gasteiger partial charge in [-0.15, -0.1) is 0 Å². The Morgan fingerprint density at radius 3 is 1.74 bits per heavy atom. The molecule has 246 valence electrons. The molecule has 1 aliphatic heterocycles. The Kier molecular flexibility index (Phi) is 11.5. The number of hydrogen-bond acceptors (Lipinski definition) is 6. The van der Waals surface area contributed by atoms with E-state index in [4.69, 9.17) is 4.74 Å². The predicted molar refractivity (Wildman–Crippen MR) is 173 cm³/mol. The van der Waals surface area contributed by atoms with E-state index in [1.54, 1.807) is 0 Å². The molecule has 6 nitrogen and oxygen atoms in total. The molecule has 0 aromatic rings. The fourth-order valence-corrected chi connectivity index (χ4v) is 10.8. The monoisotopic (exact) mass is 600 g/mol. The Morgan fingerprint density at radius 2 is 1.21 bits per heavy atom. The summed E-state index contributed by atoms with van der Waals surface area (Å²) in [4.78, 5) is 12.9. The van der Waals surface area contributed by atoms with Crippen molar-refractivity contribution >= 4 is 5.97 Å². The zero-order valence-electron chi connectivity index (χ0n) is 27.6. The van der Waals surface area contributed by atoms with Gasteiger partial charge in [0.15, 0.2) is 0 Å². The number of rotatable bonds is 9. The molecule has 0 aromatic heterocycles. The van der Waals surface area contributed by atoms with Crippen LogP contribution in [-0.4, -0.2) is 41.8 Å². The van der Waals surface area contributed by atoms with Crippen molar-refractivity contribution in [3.8, 4) is 0 Å². The van der Waals surface area contributed by atoms with Gasteiger partial charge < -0.3 is 9.84 Å². The first-order chi connectivity index (χ1) is 21.0. The van der Waals surface area contributed by atoms with Crippen molar-refractivity contribution in [3.63, 3.8) is 0 Å². The maximum Gasteiger partial charge on any atom is 0.309 e. The minimum Gasteiger partial charge on any atom is -0.462 e. The third-order valence-electron chi connectivity index (χ3n) is 13.4. The molecule has 0 spiro atoms. The van der Waals surface area contributed by atoms with Crippen molar-refractivity contribution in [3.05, 3.63) is 0 Å². The van der Waals surface area contributed by atoms with E-state index in [2.05, 4.69) is 29.8 Å². The van der Waals surface area contributed by atoms with Crippen LogP contribution in [0, 0.1) is 47.3 Å². The lowest BCUT2D eigenvalue weighted by atomic mass is 9.66. The normalized spacial score (nSPS) is 44.5. The number of unbranched alkanes of at least 4 members (excludes halogenated alkanes) is 1. The predicted octanol–water partition coefficient (Wildman–Crippen LogP) is 7.25. The van der Waals surface area contributed by atoms with Crippen molar-refractivity contribution in [1.29, 1.82) is 0 Å². The fraction of sp³-hybridized carbons (Fsp3) is 0.973. The highest BCUT2D eigenvalue weighted by Crippen LogP contribution is 2.46. The van der Waals surface area contributed by atoms with Crippen LogP contribution in [0.3, 0.4) is 0 Å². The van der Waals surface area contributed by atoms with Crippen LogP contribution in [0.25, 0.3) is 0 Å². The van der Waals surface area contributed by atoms with Gasteiger partial charge in [0, 0.05) is 12.3 Å². The summed E-state index contributed by atoms with van der Waals surface area (Å²) < 4.78 is 6.03. The summed E-state index contributed by atoms with van der Waals surface area (Å²) in [6.07, 6.45) is 26.2. The number of fused-ring (bicyclic) bond motifs is 2. The smallest absolute Gasteiger partial charge is 0.309 e.